The molecule has 0 fully saturated rings. The lowest BCUT2D eigenvalue weighted by Gasteiger charge is -2.13. The molecule has 0 amide bonds. The first-order chi connectivity index (χ1) is 8.70. The quantitative estimate of drug-likeness (QED) is 0.652. The lowest BCUT2D eigenvalue weighted by molar-refractivity contribution is 0.870. The minimum absolute atomic E-state index is 0.0914. The minimum Gasteiger partial charge on any atom is -0.399 e. The van der Waals surface area contributed by atoms with E-state index in [0.717, 1.165) is 22.6 Å². The predicted molar refractivity (Wildman–Crippen MR) is 79.7 cm³/mol. The molecule has 0 aliphatic rings. The number of nitrogen functional groups attached to an aromatic ring is 1. The molecule has 18 heavy (non-hydrogen) atoms. The van der Waals surface area contributed by atoms with Crippen LogP contribution in [0.15, 0.2) is 53.4 Å². The first-order valence-corrected chi connectivity index (χ1v) is 7.03. The molecular formula is C15H18N2S. The van der Waals surface area contributed by atoms with Crippen molar-refractivity contribution >= 4 is 17.4 Å². The van der Waals surface area contributed by atoms with Crippen molar-refractivity contribution in [1.29, 1.82) is 0 Å². The van der Waals surface area contributed by atoms with Crippen LogP contribution >= 0.6 is 11.8 Å². The van der Waals surface area contributed by atoms with Crippen molar-refractivity contribution < 1.29 is 0 Å². The highest BCUT2D eigenvalue weighted by molar-refractivity contribution is 7.99. The summed E-state index contributed by atoms with van der Waals surface area (Å²) in [7, 11) is 0. The van der Waals surface area contributed by atoms with E-state index in [4.69, 9.17) is 11.5 Å². The van der Waals surface area contributed by atoms with Gasteiger partial charge in [-0.05, 0) is 41.1 Å². The van der Waals surface area contributed by atoms with Crippen LogP contribution in [0.4, 0.5) is 5.69 Å². The summed E-state index contributed by atoms with van der Waals surface area (Å²) in [6.45, 7) is 2.15. The number of hydrogen-bond donors (Lipinski definition) is 2. The summed E-state index contributed by atoms with van der Waals surface area (Å²) in [4.78, 5) is 1.28. The third-order valence-corrected chi connectivity index (χ3v) is 3.74. The van der Waals surface area contributed by atoms with Crippen LogP contribution in [-0.4, -0.2) is 5.75 Å². The molecule has 94 valence electrons. The number of rotatable bonds is 4. The zero-order chi connectivity index (χ0) is 13.0. The first kappa shape index (κ1) is 13.0. The normalized spacial score (nSPS) is 12.3. The van der Waals surface area contributed by atoms with Gasteiger partial charge >= 0.3 is 0 Å². The van der Waals surface area contributed by atoms with Gasteiger partial charge in [0.15, 0.2) is 0 Å². The van der Waals surface area contributed by atoms with E-state index in [-0.39, 0.29) is 6.04 Å². The van der Waals surface area contributed by atoms with Crippen molar-refractivity contribution in [3.8, 4) is 0 Å². The van der Waals surface area contributed by atoms with Crippen LogP contribution in [0.5, 0.6) is 0 Å². The second-order valence-corrected chi connectivity index (χ2v) is 5.48. The fraction of sp³-hybridized carbons (Fsp3) is 0.200. The van der Waals surface area contributed by atoms with Gasteiger partial charge in [0.1, 0.15) is 0 Å². The summed E-state index contributed by atoms with van der Waals surface area (Å²) in [6.07, 6.45) is 0. The van der Waals surface area contributed by atoms with Crippen molar-refractivity contribution in [2.75, 3.05) is 11.5 Å². The first-order valence-electron chi connectivity index (χ1n) is 6.04. The molecule has 0 saturated heterocycles. The summed E-state index contributed by atoms with van der Waals surface area (Å²) < 4.78 is 0. The van der Waals surface area contributed by atoms with Gasteiger partial charge in [-0.1, -0.05) is 31.2 Å². The number of anilines is 1. The van der Waals surface area contributed by atoms with Gasteiger partial charge in [0, 0.05) is 10.6 Å². The monoisotopic (exact) mass is 258 g/mol. The predicted octanol–water partition coefficient (Wildman–Crippen LogP) is 3.43. The minimum atomic E-state index is -0.0914. The van der Waals surface area contributed by atoms with Gasteiger partial charge < -0.3 is 11.5 Å². The van der Waals surface area contributed by atoms with Crippen LogP contribution < -0.4 is 11.5 Å². The van der Waals surface area contributed by atoms with E-state index in [2.05, 4.69) is 31.2 Å². The van der Waals surface area contributed by atoms with Gasteiger partial charge in [-0.3, -0.25) is 0 Å². The fourth-order valence-corrected chi connectivity index (χ4v) is 2.50. The third kappa shape index (κ3) is 3.06. The number of benzene rings is 2. The number of nitrogens with two attached hydrogens (primary N) is 2. The van der Waals surface area contributed by atoms with Gasteiger partial charge in [0.2, 0.25) is 0 Å². The molecule has 4 N–H and O–H groups in total. The Morgan fingerprint density at radius 2 is 1.44 bits per heavy atom. The van der Waals surface area contributed by atoms with Crippen LogP contribution in [0.2, 0.25) is 0 Å². The Balaban J connectivity index is 2.17. The van der Waals surface area contributed by atoms with Crippen molar-refractivity contribution in [1.82, 2.24) is 0 Å². The lowest BCUT2D eigenvalue weighted by Crippen LogP contribution is -2.11. The molecule has 2 nitrogen and oxygen atoms in total. The van der Waals surface area contributed by atoms with Gasteiger partial charge in [0.25, 0.3) is 0 Å². The molecule has 0 radical (unpaired) electrons. The molecule has 1 atom stereocenters. The largest absolute Gasteiger partial charge is 0.399 e. The van der Waals surface area contributed by atoms with E-state index >= 15 is 0 Å². The summed E-state index contributed by atoms with van der Waals surface area (Å²) in [5.74, 6) is 1.09. The molecule has 0 aromatic heterocycles. The summed E-state index contributed by atoms with van der Waals surface area (Å²) in [5.41, 5.74) is 14.9. The smallest absolute Gasteiger partial charge is 0.0551 e. The molecule has 0 heterocycles. The average molecular weight is 258 g/mol. The molecule has 3 heteroatoms. The molecule has 0 aliphatic heterocycles. The van der Waals surface area contributed by atoms with E-state index in [1.807, 2.05) is 36.0 Å². The Morgan fingerprint density at radius 3 is 1.94 bits per heavy atom. The zero-order valence-corrected chi connectivity index (χ0v) is 11.3. The Labute approximate surface area is 112 Å². The van der Waals surface area contributed by atoms with Crippen LogP contribution in [0.25, 0.3) is 0 Å². The maximum atomic E-state index is 6.24. The molecule has 2 rings (SSSR count). The number of hydrogen-bond acceptors (Lipinski definition) is 3. The van der Waals surface area contributed by atoms with E-state index in [1.54, 1.807) is 0 Å². The molecule has 0 spiro atoms. The van der Waals surface area contributed by atoms with E-state index in [1.165, 1.54) is 4.90 Å². The highest BCUT2D eigenvalue weighted by Gasteiger charge is 2.08. The zero-order valence-electron chi connectivity index (χ0n) is 10.5. The van der Waals surface area contributed by atoms with Gasteiger partial charge in [-0.2, -0.15) is 0 Å². The highest BCUT2D eigenvalue weighted by Crippen LogP contribution is 2.24. The Morgan fingerprint density at radius 1 is 0.944 bits per heavy atom. The summed E-state index contributed by atoms with van der Waals surface area (Å²) >= 11 is 1.84. The second-order valence-electron chi connectivity index (χ2n) is 4.15. The fourth-order valence-electron chi connectivity index (χ4n) is 1.83. The molecule has 2 aromatic carbocycles. The molecule has 0 aliphatic carbocycles. The second kappa shape index (κ2) is 5.94. The van der Waals surface area contributed by atoms with Crippen LogP contribution in [-0.2, 0) is 0 Å². The topological polar surface area (TPSA) is 52.0 Å². The van der Waals surface area contributed by atoms with Gasteiger partial charge in [0.05, 0.1) is 6.04 Å². The molecular weight excluding hydrogens is 240 g/mol. The van der Waals surface area contributed by atoms with Crippen LogP contribution in [0.1, 0.15) is 24.1 Å². The van der Waals surface area contributed by atoms with Crippen molar-refractivity contribution in [2.45, 2.75) is 17.9 Å². The molecule has 0 saturated carbocycles. The third-order valence-electron chi connectivity index (χ3n) is 2.85. The average Bonchev–Trinajstić information content (AvgIpc) is 2.40. The van der Waals surface area contributed by atoms with Gasteiger partial charge in [-0.25, -0.2) is 0 Å². The van der Waals surface area contributed by atoms with Gasteiger partial charge in [-0.15, -0.1) is 11.8 Å². The molecule has 0 bridgehead atoms. The Bertz CT molecular complexity index is 491. The maximum absolute atomic E-state index is 6.24. The van der Waals surface area contributed by atoms with Crippen LogP contribution in [0.3, 0.4) is 0 Å². The highest BCUT2D eigenvalue weighted by atomic mass is 32.2. The van der Waals surface area contributed by atoms with E-state index < -0.39 is 0 Å². The van der Waals surface area contributed by atoms with Crippen LogP contribution in [0, 0.1) is 0 Å². The summed E-state index contributed by atoms with van der Waals surface area (Å²) in [6, 6.07) is 16.1. The lowest BCUT2D eigenvalue weighted by atomic mass is 9.99. The van der Waals surface area contributed by atoms with E-state index in [9.17, 15) is 0 Å². The molecule has 2 aromatic rings. The Hall–Kier alpha value is -1.45. The van der Waals surface area contributed by atoms with Crippen molar-refractivity contribution in [3.63, 3.8) is 0 Å². The maximum Gasteiger partial charge on any atom is 0.0551 e. The standard InChI is InChI=1S/C15H18N2S/c1-2-18-14-9-5-12(6-10-14)15(17)11-3-7-13(16)8-4-11/h3-10,15H,2,16-17H2,1H3. The Kier molecular flexibility index (Phi) is 4.28. The van der Waals surface area contributed by atoms with E-state index in [0.29, 0.717) is 0 Å². The summed E-state index contributed by atoms with van der Waals surface area (Å²) in [5, 5.41) is 0. The van der Waals surface area contributed by atoms with Crippen molar-refractivity contribution in [3.05, 3.63) is 59.7 Å². The number of thioether (sulfide) groups is 1. The molecule has 1 unspecified atom stereocenters. The van der Waals surface area contributed by atoms with Crippen molar-refractivity contribution in [2.24, 2.45) is 5.73 Å². The SMILES string of the molecule is CCSc1ccc(C(N)c2ccc(N)cc2)cc1.